The normalized spacial score (nSPS) is 26.8. The lowest BCUT2D eigenvalue weighted by molar-refractivity contribution is 0.209. The number of benzene rings is 1. The second-order valence-electron chi connectivity index (χ2n) is 8.24. The summed E-state index contributed by atoms with van der Waals surface area (Å²) in [4.78, 5) is 0.257. The second-order valence-corrected chi connectivity index (χ2v) is 12.1. The zero-order valence-electron chi connectivity index (χ0n) is 16.9. The Hall–Kier alpha value is -1.00. The number of hydrogen-bond donors (Lipinski definition) is 0. The fraction of sp³-hybridized carbons (Fsp3) is 0.684. The molecule has 3 rings (SSSR count). The van der Waals surface area contributed by atoms with Gasteiger partial charge in [0, 0.05) is 39.3 Å². The highest BCUT2D eigenvalue weighted by molar-refractivity contribution is 7.89. The minimum absolute atomic E-state index is 0.175. The van der Waals surface area contributed by atoms with Gasteiger partial charge in [0.15, 0.2) is 0 Å². The van der Waals surface area contributed by atoms with Crippen molar-refractivity contribution < 1.29 is 16.8 Å². The summed E-state index contributed by atoms with van der Waals surface area (Å²) in [5, 5.41) is 0. The predicted molar refractivity (Wildman–Crippen MR) is 110 cm³/mol. The summed E-state index contributed by atoms with van der Waals surface area (Å²) in [6.45, 7) is 8.18. The Morgan fingerprint density at radius 1 is 0.786 bits per heavy atom. The van der Waals surface area contributed by atoms with Crippen molar-refractivity contribution in [2.75, 3.05) is 39.3 Å². The number of hydrogen-bond acceptors (Lipinski definition) is 4. The predicted octanol–water partition coefficient (Wildman–Crippen LogP) is 1.91. The van der Waals surface area contributed by atoms with Crippen molar-refractivity contribution in [1.82, 2.24) is 12.9 Å². The molecule has 7 nitrogen and oxygen atoms in total. The molecule has 0 radical (unpaired) electrons. The van der Waals surface area contributed by atoms with Crippen LogP contribution in [0, 0.1) is 18.8 Å². The van der Waals surface area contributed by atoms with Crippen molar-refractivity contribution in [2.24, 2.45) is 11.8 Å². The third-order valence-electron chi connectivity index (χ3n) is 5.56. The molecular formula is C19H31N3O4S2. The highest BCUT2D eigenvalue weighted by Gasteiger charge is 2.37. The molecule has 1 aromatic carbocycles. The number of sulfonamides is 1. The molecule has 0 spiro atoms. The number of piperidine rings is 1. The number of nitrogens with zero attached hydrogens (tertiary/aromatic N) is 3. The third kappa shape index (κ3) is 4.59. The van der Waals surface area contributed by atoms with Gasteiger partial charge in [0.2, 0.25) is 10.0 Å². The van der Waals surface area contributed by atoms with Crippen LogP contribution in [0.4, 0.5) is 0 Å². The molecule has 0 amide bonds. The van der Waals surface area contributed by atoms with E-state index >= 15 is 0 Å². The van der Waals surface area contributed by atoms with Crippen LogP contribution in [0.5, 0.6) is 0 Å². The maximum atomic E-state index is 13.1. The van der Waals surface area contributed by atoms with E-state index in [1.54, 1.807) is 28.6 Å². The van der Waals surface area contributed by atoms with E-state index in [-0.39, 0.29) is 18.0 Å². The van der Waals surface area contributed by atoms with E-state index in [4.69, 9.17) is 0 Å². The zero-order valence-corrected chi connectivity index (χ0v) is 18.5. The lowest BCUT2D eigenvalue weighted by atomic mass is 9.94. The Balaban J connectivity index is 1.73. The molecule has 2 atom stereocenters. The average Bonchev–Trinajstić information content (AvgIpc) is 2.88. The fourth-order valence-corrected chi connectivity index (χ4v) is 7.51. The van der Waals surface area contributed by atoms with Gasteiger partial charge in [0.25, 0.3) is 10.2 Å². The summed E-state index contributed by atoms with van der Waals surface area (Å²) < 4.78 is 56.6. The molecule has 2 aliphatic heterocycles. The van der Waals surface area contributed by atoms with Crippen LogP contribution in [0.3, 0.4) is 0 Å². The van der Waals surface area contributed by atoms with Crippen molar-refractivity contribution >= 4 is 20.2 Å². The summed E-state index contributed by atoms with van der Waals surface area (Å²) in [6.07, 6.45) is 1.53. The van der Waals surface area contributed by atoms with Crippen molar-refractivity contribution in [3.8, 4) is 0 Å². The molecule has 0 aromatic heterocycles. The molecule has 2 heterocycles. The molecular weight excluding hydrogens is 398 g/mol. The van der Waals surface area contributed by atoms with Crippen LogP contribution in [-0.2, 0) is 20.2 Å². The van der Waals surface area contributed by atoms with Gasteiger partial charge in [-0.1, -0.05) is 31.5 Å². The monoisotopic (exact) mass is 429 g/mol. The topological polar surface area (TPSA) is 78.0 Å². The smallest absolute Gasteiger partial charge is 0.207 e. The average molecular weight is 430 g/mol. The molecule has 0 unspecified atom stereocenters. The minimum atomic E-state index is -3.62. The van der Waals surface area contributed by atoms with E-state index in [9.17, 15) is 16.8 Å². The highest BCUT2D eigenvalue weighted by Crippen LogP contribution is 2.26. The van der Waals surface area contributed by atoms with Crippen molar-refractivity contribution in [1.29, 1.82) is 0 Å². The molecule has 1 aromatic rings. The van der Waals surface area contributed by atoms with E-state index in [0.29, 0.717) is 44.4 Å². The first-order valence-corrected chi connectivity index (χ1v) is 12.8. The number of rotatable bonds is 4. The summed E-state index contributed by atoms with van der Waals surface area (Å²) in [7, 11) is -7.18. The van der Waals surface area contributed by atoms with E-state index in [2.05, 4.69) is 13.8 Å². The maximum Gasteiger partial charge on any atom is 0.282 e. The van der Waals surface area contributed by atoms with E-state index in [1.807, 2.05) is 6.92 Å². The molecule has 158 valence electrons. The lowest BCUT2D eigenvalue weighted by Gasteiger charge is -2.37. The van der Waals surface area contributed by atoms with Crippen molar-refractivity contribution in [3.63, 3.8) is 0 Å². The Labute approximate surface area is 169 Å². The minimum Gasteiger partial charge on any atom is -0.207 e. The van der Waals surface area contributed by atoms with E-state index in [0.717, 1.165) is 12.0 Å². The maximum absolute atomic E-state index is 13.1. The van der Waals surface area contributed by atoms with Gasteiger partial charge < -0.3 is 0 Å². The van der Waals surface area contributed by atoms with Crippen LogP contribution in [0.1, 0.15) is 32.3 Å². The molecule has 9 heteroatoms. The van der Waals surface area contributed by atoms with Gasteiger partial charge in [0.1, 0.15) is 0 Å². The van der Waals surface area contributed by atoms with Crippen LogP contribution in [0.25, 0.3) is 0 Å². The van der Waals surface area contributed by atoms with Gasteiger partial charge in [0.05, 0.1) is 4.90 Å². The highest BCUT2D eigenvalue weighted by atomic mass is 32.2. The van der Waals surface area contributed by atoms with E-state index < -0.39 is 20.2 Å². The zero-order chi connectivity index (χ0) is 20.5. The van der Waals surface area contributed by atoms with Gasteiger partial charge in [-0.05, 0) is 43.7 Å². The summed E-state index contributed by atoms with van der Waals surface area (Å²) >= 11 is 0. The van der Waals surface area contributed by atoms with E-state index in [1.165, 1.54) is 8.61 Å². The second kappa shape index (κ2) is 8.39. The first-order chi connectivity index (χ1) is 13.1. The molecule has 0 bridgehead atoms. The molecule has 0 saturated carbocycles. The van der Waals surface area contributed by atoms with Gasteiger partial charge in [-0.15, -0.1) is 0 Å². The van der Waals surface area contributed by atoms with Gasteiger partial charge in [-0.3, -0.25) is 0 Å². The summed E-state index contributed by atoms with van der Waals surface area (Å²) in [5.41, 5.74) is 0.997. The Bertz CT molecular complexity index is 874. The van der Waals surface area contributed by atoms with Crippen LogP contribution < -0.4 is 0 Å². The van der Waals surface area contributed by atoms with Gasteiger partial charge in [-0.25, -0.2) is 8.42 Å². The Morgan fingerprint density at radius 3 is 1.93 bits per heavy atom. The molecule has 2 aliphatic rings. The van der Waals surface area contributed by atoms with Crippen LogP contribution in [-0.4, -0.2) is 69.0 Å². The van der Waals surface area contributed by atoms with Gasteiger partial charge >= 0.3 is 0 Å². The molecule has 2 saturated heterocycles. The first-order valence-electron chi connectivity index (χ1n) is 9.92. The molecule has 2 fully saturated rings. The molecule has 0 N–H and O–H groups in total. The summed E-state index contributed by atoms with van der Waals surface area (Å²) in [6, 6.07) is 6.78. The van der Waals surface area contributed by atoms with Crippen molar-refractivity contribution in [2.45, 2.75) is 38.5 Å². The summed E-state index contributed by atoms with van der Waals surface area (Å²) in [5.74, 6) is 0.674. The van der Waals surface area contributed by atoms with Crippen molar-refractivity contribution in [3.05, 3.63) is 29.8 Å². The number of aryl methyl sites for hydroxylation is 1. The largest absolute Gasteiger partial charge is 0.282 e. The fourth-order valence-electron chi connectivity index (χ4n) is 4.16. The third-order valence-corrected chi connectivity index (χ3v) is 9.44. The Morgan fingerprint density at radius 2 is 1.32 bits per heavy atom. The van der Waals surface area contributed by atoms with Crippen LogP contribution in [0.2, 0.25) is 0 Å². The molecule has 0 aliphatic carbocycles. The van der Waals surface area contributed by atoms with Gasteiger partial charge in [-0.2, -0.15) is 21.3 Å². The van der Waals surface area contributed by atoms with Crippen LogP contribution in [0.15, 0.2) is 29.2 Å². The Kier molecular flexibility index (Phi) is 6.51. The first kappa shape index (κ1) is 21.7. The van der Waals surface area contributed by atoms with Crippen LogP contribution >= 0.6 is 0 Å². The lowest BCUT2D eigenvalue weighted by Crippen LogP contribution is -2.50. The SMILES string of the molecule is Cc1ccc(S(=O)(=O)N2CCCN(S(=O)(=O)N3C[C@H](C)C[C@@H](C)C3)CC2)cc1. The quantitative estimate of drug-likeness (QED) is 0.733. The molecule has 28 heavy (non-hydrogen) atoms. The standard InChI is InChI=1S/C19H31N3O4S2/c1-16-5-7-19(8-6-16)27(23,24)20-9-4-10-21(12-11-20)28(25,26)22-14-17(2)13-18(3)15-22/h5-8,17-18H,4,9-15H2,1-3H3/t17-,18-/m1/s1.